The number of fused-ring (bicyclic) bond motifs is 16. The molecular weight excluding hydrogens is 556 g/mol. The number of hydrogen-bond donors (Lipinski definition) is 4. The molecule has 11 nitrogen and oxygen atoms in total. The van der Waals surface area contributed by atoms with E-state index >= 15 is 0 Å². The predicted octanol–water partition coefficient (Wildman–Crippen LogP) is 1.54. The van der Waals surface area contributed by atoms with E-state index < -0.39 is 59.6 Å². The maximum atomic E-state index is 13.4. The Labute approximate surface area is 244 Å². The molecule has 1 fully saturated rings. The minimum absolute atomic E-state index is 0.000763. The van der Waals surface area contributed by atoms with Gasteiger partial charge in [0.1, 0.15) is 18.2 Å². The van der Waals surface area contributed by atoms with Gasteiger partial charge >= 0.3 is 5.97 Å². The van der Waals surface area contributed by atoms with E-state index in [9.17, 15) is 29.1 Å². The molecule has 1 saturated heterocycles. The van der Waals surface area contributed by atoms with Crippen LogP contribution in [-0.4, -0.2) is 94.0 Å². The largest absolute Gasteiger partial charge is 0.457 e. The first kappa shape index (κ1) is 34.0. The Kier molecular flexibility index (Phi) is 13.3. The average Bonchev–Trinajstić information content (AvgIpc) is 2.84. The van der Waals surface area contributed by atoms with Crippen LogP contribution < -0.4 is 16.0 Å². The number of esters is 1. The van der Waals surface area contributed by atoms with Crippen LogP contribution in [0, 0.1) is 5.92 Å². The van der Waals surface area contributed by atoms with Gasteiger partial charge in [-0.05, 0) is 45.6 Å². The Morgan fingerprint density at radius 1 is 1.10 bits per heavy atom. The van der Waals surface area contributed by atoms with Crippen LogP contribution in [0.3, 0.4) is 0 Å². The lowest BCUT2D eigenvalue weighted by Gasteiger charge is -2.32. The van der Waals surface area contributed by atoms with Crippen molar-refractivity contribution in [2.75, 3.05) is 18.6 Å². The van der Waals surface area contributed by atoms with E-state index in [0.717, 1.165) is 0 Å². The minimum Gasteiger partial charge on any atom is -0.457 e. The average molecular weight is 601 g/mol. The fourth-order valence-electron chi connectivity index (χ4n) is 4.10. The second kappa shape index (κ2) is 15.7. The van der Waals surface area contributed by atoms with Crippen LogP contribution in [0.5, 0.6) is 0 Å². The molecule has 0 unspecified atom stereocenters. The van der Waals surface area contributed by atoms with Crippen molar-refractivity contribution in [3.05, 3.63) is 12.2 Å². The van der Waals surface area contributed by atoms with Crippen molar-refractivity contribution in [2.24, 2.45) is 5.92 Å². The lowest BCUT2D eigenvalue weighted by Crippen LogP contribution is -2.57. The standard InChI is InChI=1S/C27H44N4O7S2/c1-16(2)20-12-17(32)13-24(35)38-18-8-7-11-39-40-15-21(26(37)29-20)30-25(36)19(28-22(33)14-18)9-10-23(34)31(6)27(3,4)5/h7-8,16-21,32H,9-15H2,1-6H3,(H,28,33)(H,29,37)(H,30,36)/b8-7+/t17-,18-,19+,20-,21-/m1/s1. The van der Waals surface area contributed by atoms with Gasteiger partial charge in [0.05, 0.1) is 18.9 Å². The number of nitrogens with zero attached hydrogens (tertiary/aromatic N) is 1. The van der Waals surface area contributed by atoms with Crippen LogP contribution in [0.2, 0.25) is 0 Å². The van der Waals surface area contributed by atoms with Gasteiger partial charge in [0.25, 0.3) is 0 Å². The van der Waals surface area contributed by atoms with Crippen molar-refractivity contribution in [1.82, 2.24) is 20.9 Å². The minimum atomic E-state index is -1.09. The van der Waals surface area contributed by atoms with Gasteiger partial charge in [0, 0.05) is 36.6 Å². The van der Waals surface area contributed by atoms with E-state index in [1.165, 1.54) is 21.6 Å². The number of rotatable bonds is 4. The number of aliphatic hydroxyl groups excluding tert-OH is 1. The highest BCUT2D eigenvalue weighted by Gasteiger charge is 2.32. The molecule has 3 aliphatic rings. The predicted molar refractivity (Wildman–Crippen MR) is 156 cm³/mol. The van der Waals surface area contributed by atoms with Gasteiger partial charge in [-0.1, -0.05) is 41.5 Å². The highest BCUT2D eigenvalue weighted by Crippen LogP contribution is 2.24. The monoisotopic (exact) mass is 600 g/mol. The van der Waals surface area contributed by atoms with Crippen LogP contribution in [0.25, 0.3) is 0 Å². The summed E-state index contributed by atoms with van der Waals surface area (Å²) in [5.41, 5.74) is -0.418. The molecular formula is C27H44N4O7S2. The number of ether oxygens (including phenoxy) is 1. The summed E-state index contributed by atoms with van der Waals surface area (Å²) in [5, 5.41) is 18.9. The van der Waals surface area contributed by atoms with E-state index in [1.807, 2.05) is 34.6 Å². The molecule has 4 amide bonds. The van der Waals surface area contributed by atoms with Crippen LogP contribution in [-0.2, 0) is 28.7 Å². The van der Waals surface area contributed by atoms with Gasteiger partial charge < -0.3 is 30.7 Å². The Morgan fingerprint density at radius 3 is 2.45 bits per heavy atom. The molecule has 3 rings (SSSR count). The highest BCUT2D eigenvalue weighted by atomic mass is 33.1. The van der Waals surface area contributed by atoms with E-state index in [4.69, 9.17) is 4.74 Å². The van der Waals surface area contributed by atoms with Crippen LogP contribution in [0.15, 0.2) is 12.2 Å². The van der Waals surface area contributed by atoms with Gasteiger partial charge in [0.2, 0.25) is 23.6 Å². The van der Waals surface area contributed by atoms with Gasteiger partial charge in [-0.3, -0.25) is 24.0 Å². The lowest BCUT2D eigenvalue weighted by molar-refractivity contribution is -0.150. The Balaban J connectivity index is 2.41. The van der Waals surface area contributed by atoms with Gasteiger partial charge in [-0.25, -0.2) is 0 Å². The van der Waals surface area contributed by atoms with Crippen molar-refractivity contribution in [2.45, 2.75) is 103 Å². The number of aliphatic hydroxyl groups is 1. The molecule has 4 N–H and O–H groups in total. The fourth-order valence-corrected chi connectivity index (χ4v) is 6.07. The zero-order chi connectivity index (χ0) is 30.0. The summed E-state index contributed by atoms with van der Waals surface area (Å²) in [7, 11) is 4.54. The number of nitrogens with one attached hydrogen (secondary N) is 3. The third-order valence-electron chi connectivity index (χ3n) is 6.88. The summed E-state index contributed by atoms with van der Waals surface area (Å²) in [6.07, 6.45) is 1.04. The highest BCUT2D eigenvalue weighted by molar-refractivity contribution is 8.76. The number of carbonyl (C=O) groups is 5. The first-order chi connectivity index (χ1) is 18.7. The maximum absolute atomic E-state index is 13.4. The van der Waals surface area contributed by atoms with Crippen molar-refractivity contribution >= 4 is 51.2 Å². The first-order valence-corrected chi connectivity index (χ1v) is 16.1. The van der Waals surface area contributed by atoms with E-state index in [0.29, 0.717) is 5.75 Å². The topological polar surface area (TPSA) is 154 Å². The molecule has 3 aliphatic heterocycles. The quantitative estimate of drug-likeness (QED) is 0.214. The molecule has 0 spiro atoms. The first-order valence-electron chi connectivity index (χ1n) is 13.6. The van der Waals surface area contributed by atoms with Crippen LogP contribution in [0.4, 0.5) is 0 Å². The molecule has 0 aromatic rings. The van der Waals surface area contributed by atoms with Crippen molar-refractivity contribution < 1.29 is 33.8 Å². The summed E-state index contributed by atoms with van der Waals surface area (Å²) < 4.78 is 5.52. The molecule has 226 valence electrons. The van der Waals surface area contributed by atoms with Gasteiger partial charge in [-0.2, -0.15) is 0 Å². The number of carbonyl (C=O) groups excluding carboxylic acids is 5. The zero-order valence-corrected chi connectivity index (χ0v) is 25.9. The number of hydrogen-bond acceptors (Lipinski definition) is 9. The van der Waals surface area contributed by atoms with Crippen LogP contribution >= 0.6 is 21.6 Å². The third-order valence-corrected chi connectivity index (χ3v) is 9.16. The molecule has 5 atom stereocenters. The Morgan fingerprint density at radius 2 is 1.80 bits per heavy atom. The maximum Gasteiger partial charge on any atom is 0.309 e. The molecule has 0 radical (unpaired) electrons. The summed E-state index contributed by atoms with van der Waals surface area (Å²) >= 11 is 0. The number of amides is 4. The molecule has 0 aromatic heterocycles. The van der Waals surface area contributed by atoms with E-state index in [1.54, 1.807) is 24.1 Å². The fraction of sp³-hybridized carbons (Fsp3) is 0.741. The second-order valence-corrected chi connectivity index (χ2v) is 14.1. The molecule has 2 bridgehead atoms. The molecule has 3 heterocycles. The Bertz CT molecular complexity index is 954. The second-order valence-electron chi connectivity index (χ2n) is 11.5. The zero-order valence-electron chi connectivity index (χ0n) is 24.2. The van der Waals surface area contributed by atoms with Crippen molar-refractivity contribution in [3.8, 4) is 0 Å². The Hall–Kier alpha value is -2.25. The van der Waals surface area contributed by atoms with Crippen molar-refractivity contribution in [1.29, 1.82) is 0 Å². The molecule has 0 aromatic carbocycles. The molecule has 0 aliphatic carbocycles. The normalized spacial score (nSPS) is 28.6. The molecule has 40 heavy (non-hydrogen) atoms. The van der Waals surface area contributed by atoms with Gasteiger partial charge in [-0.15, -0.1) is 0 Å². The van der Waals surface area contributed by atoms with E-state index in [-0.39, 0.29) is 49.7 Å². The smallest absolute Gasteiger partial charge is 0.309 e. The summed E-state index contributed by atoms with van der Waals surface area (Å²) in [6.45, 7) is 9.47. The third kappa shape index (κ3) is 11.3. The molecule has 13 heteroatoms. The lowest BCUT2D eigenvalue weighted by atomic mass is 9.96. The summed E-state index contributed by atoms with van der Waals surface area (Å²) in [4.78, 5) is 66.8. The van der Waals surface area contributed by atoms with Crippen LogP contribution in [0.1, 0.15) is 66.7 Å². The van der Waals surface area contributed by atoms with Crippen molar-refractivity contribution in [3.63, 3.8) is 0 Å². The van der Waals surface area contributed by atoms with Gasteiger partial charge in [0.15, 0.2) is 0 Å². The molecule has 0 saturated carbocycles. The SMILES string of the molecule is CC(C)[C@H]1C[C@@H](O)CC(=O)O[C@@H]2/C=C/CSSC[C@@H](NC(=O)[C@H](CCC(=O)N(C)C(C)(C)C)NC(=O)C2)C(=O)N1. The summed E-state index contributed by atoms with van der Waals surface area (Å²) in [6, 6.07) is -2.46. The summed E-state index contributed by atoms with van der Waals surface area (Å²) in [5.74, 6) is -1.71. The van der Waals surface area contributed by atoms with E-state index in [2.05, 4.69) is 16.0 Å².